The maximum Gasteiger partial charge on any atom is 0.333 e. The van der Waals surface area contributed by atoms with Crippen LogP contribution in [0.4, 0.5) is 10.5 Å². The number of hydrogen-bond donors (Lipinski definition) is 2. The highest BCUT2D eigenvalue weighted by Crippen LogP contribution is 2.02. The molecule has 0 unspecified atom stereocenters. The summed E-state index contributed by atoms with van der Waals surface area (Å²) in [6.07, 6.45) is 6.63. The zero-order valence-electron chi connectivity index (χ0n) is 9.60. The topological polar surface area (TPSA) is 57.3 Å². The van der Waals surface area contributed by atoms with Crippen LogP contribution in [0.15, 0.2) is 49.8 Å². The van der Waals surface area contributed by atoms with Gasteiger partial charge >= 0.3 is 6.03 Å². The summed E-state index contributed by atoms with van der Waals surface area (Å²) >= 11 is 0. The van der Waals surface area contributed by atoms with E-state index >= 15 is 0 Å². The van der Waals surface area contributed by atoms with Gasteiger partial charge in [-0.05, 0) is 12.1 Å². The molecule has 2 amide bonds. The summed E-state index contributed by atoms with van der Waals surface area (Å²) in [5, 5.41) is 4.38. The van der Waals surface area contributed by atoms with Crippen molar-refractivity contribution in [1.29, 1.82) is 0 Å². The van der Waals surface area contributed by atoms with Crippen LogP contribution in [0.1, 0.15) is 0 Å². The molecule has 1 rings (SSSR count). The monoisotopic (exact) mass is 232 g/mol. The molecule has 1 aromatic heterocycles. The molecular formula is C12H16N4O. The van der Waals surface area contributed by atoms with Crippen molar-refractivity contribution in [3.05, 3.63) is 49.8 Å². The molecule has 0 fully saturated rings. The van der Waals surface area contributed by atoms with E-state index in [9.17, 15) is 4.79 Å². The third-order valence-corrected chi connectivity index (χ3v) is 1.90. The van der Waals surface area contributed by atoms with Crippen LogP contribution in [-0.4, -0.2) is 29.1 Å². The van der Waals surface area contributed by atoms with Crippen molar-refractivity contribution in [2.75, 3.05) is 18.4 Å². The number of nitrogens with one attached hydrogen (secondary N) is 2. The van der Waals surface area contributed by atoms with Gasteiger partial charge in [0, 0.05) is 31.2 Å². The molecule has 0 aliphatic heterocycles. The van der Waals surface area contributed by atoms with Gasteiger partial charge < -0.3 is 5.32 Å². The van der Waals surface area contributed by atoms with E-state index in [0.29, 0.717) is 18.8 Å². The largest absolute Gasteiger partial charge is 0.333 e. The van der Waals surface area contributed by atoms with E-state index in [4.69, 9.17) is 0 Å². The van der Waals surface area contributed by atoms with Crippen LogP contribution >= 0.6 is 0 Å². The Labute approximate surface area is 101 Å². The standard InChI is InChI=1S/C12H16N4O/c1-3-9-16(10-4-2)15-12(17)14-11-5-7-13-8-6-11/h3-8H,1-2,9-10H2,(H2,13,14,15,17). The molecule has 0 aliphatic rings. The fraction of sp³-hybridized carbons (Fsp3) is 0.167. The van der Waals surface area contributed by atoms with Gasteiger partial charge in [0.25, 0.3) is 0 Å². The minimum absolute atomic E-state index is 0.306. The van der Waals surface area contributed by atoms with Crippen LogP contribution in [0.25, 0.3) is 0 Å². The van der Waals surface area contributed by atoms with Crippen molar-refractivity contribution < 1.29 is 4.79 Å². The van der Waals surface area contributed by atoms with E-state index in [1.165, 1.54) is 0 Å². The predicted octanol–water partition coefficient (Wildman–Crippen LogP) is 1.79. The van der Waals surface area contributed by atoms with Gasteiger partial charge in [-0.2, -0.15) is 0 Å². The molecule has 90 valence electrons. The Morgan fingerprint density at radius 1 is 1.29 bits per heavy atom. The van der Waals surface area contributed by atoms with Gasteiger partial charge in [0.05, 0.1) is 0 Å². The number of rotatable bonds is 6. The third kappa shape index (κ3) is 4.94. The Kier molecular flexibility index (Phi) is 5.46. The Morgan fingerprint density at radius 3 is 2.41 bits per heavy atom. The first-order chi connectivity index (χ1) is 8.26. The average molecular weight is 232 g/mol. The Balaban J connectivity index is 2.47. The summed E-state index contributed by atoms with van der Waals surface area (Å²) in [6, 6.07) is 3.12. The number of carbonyl (C=O) groups is 1. The number of hydrazine groups is 1. The van der Waals surface area contributed by atoms with Gasteiger partial charge in [0.15, 0.2) is 0 Å². The fourth-order valence-corrected chi connectivity index (χ4v) is 1.22. The summed E-state index contributed by atoms with van der Waals surface area (Å²) in [5.74, 6) is 0. The number of hydrogen-bond acceptors (Lipinski definition) is 3. The average Bonchev–Trinajstić information content (AvgIpc) is 2.30. The lowest BCUT2D eigenvalue weighted by Gasteiger charge is -2.20. The van der Waals surface area contributed by atoms with Crippen LogP contribution in [0, 0.1) is 0 Å². The quantitative estimate of drug-likeness (QED) is 0.580. The van der Waals surface area contributed by atoms with Crippen LogP contribution in [0.2, 0.25) is 0 Å². The molecular weight excluding hydrogens is 216 g/mol. The van der Waals surface area contributed by atoms with Gasteiger partial charge in [-0.3, -0.25) is 10.4 Å². The van der Waals surface area contributed by atoms with Gasteiger partial charge in [0.2, 0.25) is 0 Å². The number of urea groups is 1. The normalized spacial score (nSPS) is 9.71. The van der Waals surface area contributed by atoms with Gasteiger partial charge in [0.1, 0.15) is 0 Å². The molecule has 5 nitrogen and oxygen atoms in total. The first-order valence-corrected chi connectivity index (χ1v) is 5.20. The lowest BCUT2D eigenvalue weighted by Crippen LogP contribution is -2.44. The minimum Gasteiger partial charge on any atom is -0.307 e. The summed E-state index contributed by atoms with van der Waals surface area (Å²) in [5.41, 5.74) is 3.38. The molecule has 0 radical (unpaired) electrons. The first kappa shape index (κ1) is 12.9. The minimum atomic E-state index is -0.306. The van der Waals surface area contributed by atoms with Crippen LogP contribution in [-0.2, 0) is 0 Å². The molecule has 0 saturated carbocycles. The summed E-state index contributed by atoms with van der Waals surface area (Å²) in [6.45, 7) is 8.34. The number of amides is 2. The molecule has 0 aromatic carbocycles. The van der Waals surface area contributed by atoms with Crippen molar-refractivity contribution in [2.24, 2.45) is 0 Å². The molecule has 0 atom stereocenters. The summed E-state index contributed by atoms with van der Waals surface area (Å²) < 4.78 is 0. The summed E-state index contributed by atoms with van der Waals surface area (Å²) in [7, 11) is 0. The molecule has 1 aromatic rings. The fourth-order valence-electron chi connectivity index (χ4n) is 1.22. The lowest BCUT2D eigenvalue weighted by atomic mass is 10.4. The van der Waals surface area contributed by atoms with Gasteiger partial charge in [-0.15, -0.1) is 13.2 Å². The molecule has 5 heteroatoms. The van der Waals surface area contributed by atoms with Crippen LogP contribution in [0.3, 0.4) is 0 Å². The second-order valence-electron chi connectivity index (χ2n) is 3.28. The lowest BCUT2D eigenvalue weighted by molar-refractivity contribution is 0.208. The highest BCUT2D eigenvalue weighted by molar-refractivity contribution is 5.88. The van der Waals surface area contributed by atoms with Gasteiger partial charge in [-0.1, -0.05) is 12.2 Å². The maximum absolute atomic E-state index is 11.6. The number of carbonyl (C=O) groups excluding carboxylic acids is 1. The second kappa shape index (κ2) is 7.19. The molecule has 1 heterocycles. The van der Waals surface area contributed by atoms with E-state index < -0.39 is 0 Å². The smallest absolute Gasteiger partial charge is 0.307 e. The van der Waals surface area contributed by atoms with Crippen molar-refractivity contribution >= 4 is 11.7 Å². The van der Waals surface area contributed by atoms with Crippen molar-refractivity contribution in [3.8, 4) is 0 Å². The molecule has 0 spiro atoms. The number of aromatic nitrogens is 1. The molecule has 0 bridgehead atoms. The first-order valence-electron chi connectivity index (χ1n) is 5.20. The number of nitrogens with zero attached hydrogens (tertiary/aromatic N) is 2. The Bertz CT molecular complexity index is 367. The van der Waals surface area contributed by atoms with E-state index in [1.807, 2.05) is 0 Å². The molecule has 0 aliphatic carbocycles. The Morgan fingerprint density at radius 2 is 1.88 bits per heavy atom. The molecule has 0 saturated heterocycles. The van der Waals surface area contributed by atoms with E-state index in [-0.39, 0.29) is 6.03 Å². The van der Waals surface area contributed by atoms with E-state index in [1.54, 1.807) is 41.7 Å². The van der Waals surface area contributed by atoms with Gasteiger partial charge in [-0.25, -0.2) is 9.80 Å². The second-order valence-corrected chi connectivity index (χ2v) is 3.28. The molecule has 2 N–H and O–H groups in total. The van der Waals surface area contributed by atoms with Crippen molar-refractivity contribution in [3.63, 3.8) is 0 Å². The van der Waals surface area contributed by atoms with E-state index in [2.05, 4.69) is 28.9 Å². The maximum atomic E-state index is 11.6. The highest BCUT2D eigenvalue weighted by atomic mass is 16.2. The van der Waals surface area contributed by atoms with Crippen LogP contribution < -0.4 is 10.7 Å². The summed E-state index contributed by atoms with van der Waals surface area (Å²) in [4.78, 5) is 15.5. The number of anilines is 1. The Hall–Kier alpha value is -2.14. The van der Waals surface area contributed by atoms with Crippen molar-refractivity contribution in [1.82, 2.24) is 15.4 Å². The van der Waals surface area contributed by atoms with Crippen molar-refractivity contribution in [2.45, 2.75) is 0 Å². The van der Waals surface area contributed by atoms with Crippen LogP contribution in [0.5, 0.6) is 0 Å². The number of pyridine rings is 1. The zero-order chi connectivity index (χ0) is 12.5. The van der Waals surface area contributed by atoms with E-state index in [0.717, 1.165) is 0 Å². The molecule has 17 heavy (non-hydrogen) atoms. The highest BCUT2D eigenvalue weighted by Gasteiger charge is 2.05. The zero-order valence-corrected chi connectivity index (χ0v) is 9.60. The predicted molar refractivity (Wildman–Crippen MR) is 68.4 cm³/mol. The SMILES string of the molecule is C=CCN(CC=C)NC(=O)Nc1ccncc1. The third-order valence-electron chi connectivity index (χ3n) is 1.90.